The van der Waals surface area contributed by atoms with Gasteiger partial charge in [0.15, 0.2) is 12.4 Å². The maximum atomic E-state index is 12.0. The first kappa shape index (κ1) is 14.4. The number of H-pyrrole nitrogens is 1. The number of aromatic nitrogens is 1. The lowest BCUT2D eigenvalue weighted by Gasteiger charge is -2.31. The maximum Gasteiger partial charge on any atom is 0.214 e. The summed E-state index contributed by atoms with van der Waals surface area (Å²) in [5.41, 5.74) is 1.29. The molecule has 0 saturated carbocycles. The van der Waals surface area contributed by atoms with E-state index in [4.69, 9.17) is 0 Å². The topological polar surface area (TPSA) is 56.0 Å². The van der Waals surface area contributed by atoms with E-state index in [0.29, 0.717) is 19.5 Å². The Bertz CT molecular complexity index is 482. The van der Waals surface area contributed by atoms with Crippen molar-refractivity contribution in [2.75, 3.05) is 31.9 Å². The Balaban J connectivity index is 1.86. The zero-order chi connectivity index (χ0) is 13.7. The average Bonchev–Trinajstić information content (AvgIpc) is 2.40. The van der Waals surface area contributed by atoms with E-state index in [2.05, 4.69) is 17.1 Å². The second-order valence-corrected chi connectivity index (χ2v) is 7.14. The molecule has 0 radical (unpaired) electrons. The fourth-order valence-electron chi connectivity index (χ4n) is 2.47. The van der Waals surface area contributed by atoms with Crippen LogP contribution >= 0.6 is 0 Å². The van der Waals surface area contributed by atoms with Crippen LogP contribution in [-0.2, 0) is 16.6 Å². The van der Waals surface area contributed by atoms with Gasteiger partial charge in [0.2, 0.25) is 10.0 Å². The Hall–Kier alpha value is -0.980. The third-order valence-corrected chi connectivity index (χ3v) is 5.60. The Morgan fingerprint density at radius 1 is 1.26 bits per heavy atom. The van der Waals surface area contributed by atoms with Gasteiger partial charge in [-0.1, -0.05) is 6.92 Å². The smallest absolute Gasteiger partial charge is 0.214 e. The van der Waals surface area contributed by atoms with Crippen molar-refractivity contribution >= 4 is 10.0 Å². The lowest BCUT2D eigenvalue weighted by Crippen LogP contribution is -3.13. The molecule has 0 atom stereocenters. The first-order valence-corrected chi connectivity index (χ1v) is 8.49. The molecule has 106 valence electrons. The van der Waals surface area contributed by atoms with Crippen molar-refractivity contribution in [3.63, 3.8) is 0 Å². The van der Waals surface area contributed by atoms with E-state index in [0.717, 1.165) is 19.6 Å². The van der Waals surface area contributed by atoms with Crippen LogP contribution in [0.15, 0.2) is 24.5 Å². The van der Waals surface area contributed by atoms with E-state index in [1.165, 1.54) is 10.5 Å². The second-order valence-electron chi connectivity index (χ2n) is 5.05. The highest BCUT2D eigenvalue weighted by Gasteiger charge is 2.28. The summed E-state index contributed by atoms with van der Waals surface area (Å²) in [4.78, 5) is 4.47. The van der Waals surface area contributed by atoms with Crippen molar-refractivity contribution in [2.24, 2.45) is 0 Å². The summed E-state index contributed by atoms with van der Waals surface area (Å²) in [6.45, 7) is 5.96. The number of pyridine rings is 1. The van der Waals surface area contributed by atoms with Crippen molar-refractivity contribution in [3.05, 3.63) is 30.1 Å². The lowest BCUT2D eigenvalue weighted by molar-refractivity contribution is -0.917. The van der Waals surface area contributed by atoms with E-state index >= 15 is 0 Å². The summed E-state index contributed by atoms with van der Waals surface area (Å²) in [5, 5.41) is 0. The van der Waals surface area contributed by atoms with E-state index < -0.39 is 10.0 Å². The highest BCUT2D eigenvalue weighted by molar-refractivity contribution is 7.89. The number of sulfonamides is 1. The van der Waals surface area contributed by atoms with E-state index in [9.17, 15) is 8.42 Å². The van der Waals surface area contributed by atoms with Gasteiger partial charge in [0.05, 0.1) is 31.9 Å². The van der Waals surface area contributed by atoms with Gasteiger partial charge in [-0.05, 0) is 6.42 Å². The van der Waals surface area contributed by atoms with Crippen molar-refractivity contribution < 1.29 is 18.3 Å². The zero-order valence-corrected chi connectivity index (χ0v) is 12.2. The monoisotopic (exact) mass is 285 g/mol. The summed E-state index contributed by atoms with van der Waals surface area (Å²) < 4.78 is 25.6. The van der Waals surface area contributed by atoms with Gasteiger partial charge >= 0.3 is 0 Å². The minimum Gasteiger partial charge on any atom is -0.329 e. The fourth-order valence-corrected chi connectivity index (χ4v) is 3.99. The van der Waals surface area contributed by atoms with Gasteiger partial charge in [-0.25, -0.2) is 13.4 Å². The predicted molar refractivity (Wildman–Crippen MR) is 73.0 cm³/mol. The largest absolute Gasteiger partial charge is 0.329 e. The third-order valence-electron chi connectivity index (χ3n) is 3.53. The van der Waals surface area contributed by atoms with Gasteiger partial charge in [-0.15, -0.1) is 0 Å². The molecule has 0 spiro atoms. The van der Waals surface area contributed by atoms with Crippen LogP contribution in [0.3, 0.4) is 0 Å². The molecule has 2 N–H and O–H groups in total. The van der Waals surface area contributed by atoms with Gasteiger partial charge in [0, 0.05) is 17.7 Å². The predicted octanol–water partition coefficient (Wildman–Crippen LogP) is -1.06. The van der Waals surface area contributed by atoms with Gasteiger partial charge in [-0.2, -0.15) is 4.31 Å². The number of nitrogens with one attached hydrogen (secondary N) is 2. The molecule has 5 nitrogen and oxygen atoms in total. The summed E-state index contributed by atoms with van der Waals surface area (Å²) in [6, 6.07) is 4.15. The van der Waals surface area contributed by atoms with Crippen LogP contribution in [0.25, 0.3) is 0 Å². The van der Waals surface area contributed by atoms with E-state index in [-0.39, 0.29) is 5.75 Å². The van der Waals surface area contributed by atoms with Gasteiger partial charge < -0.3 is 4.90 Å². The third kappa shape index (κ3) is 3.99. The molecular weight excluding hydrogens is 262 g/mol. The van der Waals surface area contributed by atoms with Crippen LogP contribution in [0.2, 0.25) is 0 Å². The van der Waals surface area contributed by atoms with Crippen LogP contribution < -0.4 is 9.88 Å². The van der Waals surface area contributed by atoms with Crippen molar-refractivity contribution in [1.82, 2.24) is 4.31 Å². The average molecular weight is 285 g/mol. The maximum absolute atomic E-state index is 12.0. The number of hydrogen-bond acceptors (Lipinski definition) is 2. The van der Waals surface area contributed by atoms with Gasteiger partial charge in [-0.3, -0.25) is 0 Å². The van der Waals surface area contributed by atoms with Crippen LogP contribution in [0.4, 0.5) is 0 Å². The number of quaternary nitrogens is 1. The number of nitrogens with zero attached hydrogens (tertiary/aromatic N) is 1. The van der Waals surface area contributed by atoms with Crippen LogP contribution in [-0.4, -0.2) is 44.7 Å². The minimum atomic E-state index is -3.01. The Morgan fingerprint density at radius 2 is 1.89 bits per heavy atom. The summed E-state index contributed by atoms with van der Waals surface area (Å²) in [6.07, 6.45) is 4.55. The molecule has 1 aromatic heterocycles. The Kier molecular flexibility index (Phi) is 4.90. The minimum absolute atomic E-state index is 0.275. The second kappa shape index (κ2) is 6.45. The number of hydrogen-bond donors (Lipinski definition) is 1. The molecule has 1 saturated heterocycles. The number of aromatic amines is 1. The molecule has 1 aromatic rings. The number of piperazine rings is 1. The summed E-state index contributed by atoms with van der Waals surface area (Å²) in [5.74, 6) is 0.275. The van der Waals surface area contributed by atoms with Crippen LogP contribution in [0, 0.1) is 0 Å². The van der Waals surface area contributed by atoms with Crippen molar-refractivity contribution in [3.8, 4) is 0 Å². The molecule has 0 unspecified atom stereocenters. The molecule has 0 aliphatic carbocycles. The molecule has 0 amide bonds. The van der Waals surface area contributed by atoms with Crippen molar-refractivity contribution in [1.29, 1.82) is 0 Å². The highest BCUT2D eigenvalue weighted by atomic mass is 32.2. The summed E-state index contributed by atoms with van der Waals surface area (Å²) in [7, 11) is -3.01. The molecule has 1 fully saturated rings. The van der Waals surface area contributed by atoms with Gasteiger partial charge in [0.25, 0.3) is 0 Å². The molecule has 2 rings (SSSR count). The molecule has 2 heterocycles. The van der Waals surface area contributed by atoms with Crippen molar-refractivity contribution in [2.45, 2.75) is 19.9 Å². The van der Waals surface area contributed by atoms with Gasteiger partial charge in [0.1, 0.15) is 6.54 Å². The molecule has 0 bridgehead atoms. The zero-order valence-electron chi connectivity index (χ0n) is 11.4. The van der Waals surface area contributed by atoms with E-state index in [1.807, 2.05) is 19.3 Å². The first-order chi connectivity index (χ1) is 9.12. The molecule has 1 aliphatic rings. The lowest BCUT2D eigenvalue weighted by atomic mass is 10.2. The summed E-state index contributed by atoms with van der Waals surface area (Å²) >= 11 is 0. The first-order valence-electron chi connectivity index (χ1n) is 6.88. The standard InChI is InChI=1S/C13H21N3O2S/c1-2-11-19(17,18)16-9-7-15(8-10-16)12-13-3-5-14-6-4-13/h3-6H,2,7-12H2,1H3/p+2. The highest BCUT2D eigenvalue weighted by Crippen LogP contribution is 2.03. The quantitative estimate of drug-likeness (QED) is 0.750. The molecule has 6 heteroatoms. The molecule has 19 heavy (non-hydrogen) atoms. The molecule has 0 aromatic carbocycles. The normalized spacial score (nSPS) is 18.6. The molecule has 1 aliphatic heterocycles. The van der Waals surface area contributed by atoms with Crippen LogP contribution in [0.1, 0.15) is 18.9 Å². The Labute approximate surface area is 115 Å². The fraction of sp³-hybridized carbons (Fsp3) is 0.615. The van der Waals surface area contributed by atoms with Crippen LogP contribution in [0.5, 0.6) is 0 Å². The number of rotatable bonds is 5. The SMILES string of the molecule is CCCS(=O)(=O)N1CC[NH+](Cc2cc[nH+]cc2)CC1. The van der Waals surface area contributed by atoms with E-state index in [1.54, 1.807) is 4.31 Å². The molecular formula is C13H23N3O2S+2. The Morgan fingerprint density at radius 3 is 2.47 bits per heavy atom.